The molecule has 6 heteroatoms. The average molecular weight is 314 g/mol. The Bertz CT molecular complexity index is 559. The summed E-state index contributed by atoms with van der Waals surface area (Å²) in [5.41, 5.74) is 0.422. The smallest absolute Gasteiger partial charge is 0.150 e. The van der Waals surface area contributed by atoms with E-state index in [4.69, 9.17) is 11.6 Å². The first-order valence-corrected chi connectivity index (χ1v) is 7.88. The molecule has 0 bridgehead atoms. The second kappa shape index (κ2) is 7.67. The summed E-state index contributed by atoms with van der Waals surface area (Å²) in [7, 11) is 0. The molecule has 2 rings (SSSR count). The number of rotatable bonds is 7. The number of aromatic nitrogens is 2. The Hall–Kier alpha value is -1.04. The molecule has 0 aliphatic carbocycles. The Kier molecular flexibility index (Phi) is 5.88. The van der Waals surface area contributed by atoms with E-state index in [1.165, 1.54) is 23.5 Å². The van der Waals surface area contributed by atoms with Crippen molar-refractivity contribution in [2.45, 2.75) is 26.2 Å². The second-order valence-corrected chi connectivity index (χ2v) is 5.98. The number of hydrogen-bond acceptors (Lipinski definition) is 4. The van der Waals surface area contributed by atoms with Gasteiger partial charge in [0.05, 0.1) is 0 Å². The van der Waals surface area contributed by atoms with Gasteiger partial charge < -0.3 is 5.32 Å². The first kappa shape index (κ1) is 15.4. The van der Waals surface area contributed by atoms with E-state index in [-0.39, 0.29) is 5.82 Å². The Morgan fingerprint density at radius 3 is 2.95 bits per heavy atom. The largest absolute Gasteiger partial charge is 0.317 e. The normalized spacial score (nSPS) is 10.9. The van der Waals surface area contributed by atoms with Crippen LogP contribution >= 0.6 is 22.9 Å². The van der Waals surface area contributed by atoms with E-state index in [9.17, 15) is 4.39 Å². The molecule has 0 saturated heterocycles. The lowest BCUT2D eigenvalue weighted by molar-refractivity contribution is 0.631. The Labute approximate surface area is 127 Å². The van der Waals surface area contributed by atoms with Crippen LogP contribution in [-0.4, -0.2) is 23.3 Å². The third-order valence-corrected chi connectivity index (χ3v) is 4.05. The zero-order valence-electron chi connectivity index (χ0n) is 11.3. The summed E-state index contributed by atoms with van der Waals surface area (Å²) < 4.78 is 13.7. The van der Waals surface area contributed by atoms with Crippen molar-refractivity contribution in [2.24, 2.45) is 0 Å². The second-order valence-electron chi connectivity index (χ2n) is 4.48. The number of nitrogens with zero attached hydrogens (tertiary/aromatic N) is 2. The van der Waals surface area contributed by atoms with Crippen LogP contribution in [-0.2, 0) is 6.42 Å². The molecule has 0 atom stereocenters. The van der Waals surface area contributed by atoms with Gasteiger partial charge in [0.25, 0.3) is 0 Å². The van der Waals surface area contributed by atoms with Gasteiger partial charge in [0.1, 0.15) is 10.8 Å². The van der Waals surface area contributed by atoms with Gasteiger partial charge in [0.2, 0.25) is 0 Å². The van der Waals surface area contributed by atoms with Crippen LogP contribution in [0.3, 0.4) is 0 Å². The van der Waals surface area contributed by atoms with Crippen molar-refractivity contribution in [1.29, 1.82) is 0 Å². The summed E-state index contributed by atoms with van der Waals surface area (Å²) in [6.45, 7) is 4.15. The number of hydrogen-bond donors (Lipinski definition) is 1. The van der Waals surface area contributed by atoms with Gasteiger partial charge in [0, 0.05) is 17.0 Å². The first-order valence-electron chi connectivity index (χ1n) is 6.69. The van der Waals surface area contributed by atoms with Crippen LogP contribution in [0.1, 0.15) is 24.8 Å². The minimum absolute atomic E-state index is 0.318. The van der Waals surface area contributed by atoms with Crippen LogP contribution in [0.2, 0.25) is 5.02 Å². The summed E-state index contributed by atoms with van der Waals surface area (Å²) in [6, 6.07) is 4.47. The molecule has 0 fully saturated rings. The highest BCUT2D eigenvalue weighted by atomic mass is 35.5. The van der Waals surface area contributed by atoms with Gasteiger partial charge in [-0.1, -0.05) is 29.9 Å². The molecule has 1 N–H and O–H groups in total. The standard InChI is InChI=1S/C14H17ClFN3S/c1-2-7-17-8-3-4-13-18-19-14(20-13)11-9-10(15)5-6-12(11)16/h5-6,9,17H,2-4,7-8H2,1H3. The van der Waals surface area contributed by atoms with Gasteiger partial charge in [-0.25, -0.2) is 4.39 Å². The summed E-state index contributed by atoms with van der Waals surface area (Å²) in [4.78, 5) is 0. The number of nitrogens with one attached hydrogen (secondary N) is 1. The molecule has 0 amide bonds. The van der Waals surface area contributed by atoms with Gasteiger partial charge in [-0.15, -0.1) is 10.2 Å². The molecule has 108 valence electrons. The zero-order valence-corrected chi connectivity index (χ0v) is 12.9. The van der Waals surface area contributed by atoms with E-state index in [2.05, 4.69) is 22.4 Å². The summed E-state index contributed by atoms with van der Waals surface area (Å²) in [5.74, 6) is -0.318. The molecule has 0 unspecified atom stereocenters. The maximum Gasteiger partial charge on any atom is 0.150 e. The molecule has 2 aromatic rings. The fourth-order valence-corrected chi connectivity index (χ4v) is 2.86. The summed E-state index contributed by atoms with van der Waals surface area (Å²) >= 11 is 7.31. The molecule has 1 aromatic heterocycles. The van der Waals surface area contributed by atoms with Crippen LogP contribution in [0, 0.1) is 5.82 Å². The molecule has 1 heterocycles. The monoisotopic (exact) mass is 313 g/mol. The minimum Gasteiger partial charge on any atom is -0.317 e. The number of benzene rings is 1. The average Bonchev–Trinajstić information content (AvgIpc) is 2.90. The predicted molar refractivity (Wildman–Crippen MR) is 81.8 cm³/mol. The molecular weight excluding hydrogens is 297 g/mol. The molecule has 0 saturated carbocycles. The van der Waals surface area contributed by atoms with Crippen LogP contribution in [0.25, 0.3) is 10.6 Å². The van der Waals surface area contributed by atoms with E-state index in [1.807, 2.05) is 0 Å². The Morgan fingerprint density at radius 2 is 2.15 bits per heavy atom. The molecule has 0 radical (unpaired) electrons. The fourth-order valence-electron chi connectivity index (χ4n) is 1.79. The van der Waals surface area contributed by atoms with E-state index in [0.29, 0.717) is 15.6 Å². The van der Waals surface area contributed by atoms with E-state index >= 15 is 0 Å². The highest BCUT2D eigenvalue weighted by Crippen LogP contribution is 2.28. The summed E-state index contributed by atoms with van der Waals surface area (Å²) in [6.07, 6.45) is 3.00. The molecule has 0 aliphatic heterocycles. The van der Waals surface area contributed by atoms with E-state index < -0.39 is 0 Å². The van der Waals surface area contributed by atoms with Crippen LogP contribution < -0.4 is 5.32 Å². The number of halogens is 2. The topological polar surface area (TPSA) is 37.8 Å². The quantitative estimate of drug-likeness (QED) is 0.787. The van der Waals surface area contributed by atoms with Crippen molar-refractivity contribution in [1.82, 2.24) is 15.5 Å². The van der Waals surface area contributed by atoms with Gasteiger partial charge in [-0.2, -0.15) is 0 Å². The van der Waals surface area contributed by atoms with Crippen molar-refractivity contribution in [2.75, 3.05) is 13.1 Å². The van der Waals surface area contributed by atoms with Crippen molar-refractivity contribution < 1.29 is 4.39 Å². The van der Waals surface area contributed by atoms with Crippen molar-refractivity contribution in [3.8, 4) is 10.6 Å². The Morgan fingerprint density at radius 1 is 1.30 bits per heavy atom. The lowest BCUT2D eigenvalue weighted by Crippen LogP contribution is -2.16. The minimum atomic E-state index is -0.318. The summed E-state index contributed by atoms with van der Waals surface area (Å²) in [5, 5.41) is 13.5. The van der Waals surface area contributed by atoms with Gasteiger partial charge >= 0.3 is 0 Å². The van der Waals surface area contributed by atoms with Crippen molar-refractivity contribution in [3.05, 3.63) is 34.0 Å². The van der Waals surface area contributed by atoms with Crippen LogP contribution in [0.15, 0.2) is 18.2 Å². The molecule has 1 aromatic carbocycles. The fraction of sp³-hybridized carbons (Fsp3) is 0.429. The zero-order chi connectivity index (χ0) is 14.4. The van der Waals surface area contributed by atoms with Crippen molar-refractivity contribution >= 4 is 22.9 Å². The van der Waals surface area contributed by atoms with Crippen LogP contribution in [0.5, 0.6) is 0 Å². The van der Waals surface area contributed by atoms with Gasteiger partial charge in [-0.3, -0.25) is 0 Å². The molecular formula is C14H17ClFN3S. The lowest BCUT2D eigenvalue weighted by atomic mass is 10.2. The maximum absolute atomic E-state index is 13.7. The third-order valence-electron chi connectivity index (χ3n) is 2.80. The highest BCUT2D eigenvalue weighted by molar-refractivity contribution is 7.14. The van der Waals surface area contributed by atoms with Gasteiger partial charge in [-0.05, 0) is 44.1 Å². The maximum atomic E-state index is 13.7. The lowest BCUT2D eigenvalue weighted by Gasteiger charge is -2.00. The van der Waals surface area contributed by atoms with Crippen molar-refractivity contribution in [3.63, 3.8) is 0 Å². The van der Waals surface area contributed by atoms with Crippen LogP contribution in [0.4, 0.5) is 4.39 Å². The number of aryl methyl sites for hydroxylation is 1. The SMILES string of the molecule is CCCNCCCc1nnc(-c2cc(Cl)ccc2F)s1. The van der Waals surface area contributed by atoms with Gasteiger partial charge in [0.15, 0.2) is 5.01 Å². The Balaban J connectivity index is 1.96. The highest BCUT2D eigenvalue weighted by Gasteiger charge is 2.11. The molecule has 0 spiro atoms. The first-order chi connectivity index (χ1) is 9.70. The predicted octanol–water partition coefficient (Wildman–Crippen LogP) is 3.93. The van der Waals surface area contributed by atoms with E-state index in [1.54, 1.807) is 6.07 Å². The molecule has 20 heavy (non-hydrogen) atoms. The molecule has 0 aliphatic rings. The third kappa shape index (κ3) is 4.23. The van der Waals surface area contributed by atoms with E-state index in [0.717, 1.165) is 37.4 Å². The molecule has 3 nitrogen and oxygen atoms in total.